The maximum absolute atomic E-state index is 13.7. The van der Waals surface area contributed by atoms with Gasteiger partial charge < -0.3 is 10.6 Å². The van der Waals surface area contributed by atoms with Gasteiger partial charge in [-0.3, -0.25) is 9.78 Å². The van der Waals surface area contributed by atoms with Crippen molar-refractivity contribution in [3.8, 4) is 0 Å². The van der Waals surface area contributed by atoms with Crippen LogP contribution < -0.4 is 10.6 Å². The highest BCUT2D eigenvalue weighted by Gasteiger charge is 2.09. The van der Waals surface area contributed by atoms with Gasteiger partial charge in [0.15, 0.2) is 0 Å². The second-order valence-corrected chi connectivity index (χ2v) is 6.11. The van der Waals surface area contributed by atoms with Crippen molar-refractivity contribution in [2.24, 2.45) is 0 Å². The number of benzene rings is 2. The van der Waals surface area contributed by atoms with Crippen molar-refractivity contribution in [2.75, 3.05) is 11.9 Å². The Labute approximate surface area is 156 Å². The molecule has 132 valence electrons. The molecule has 0 spiro atoms. The number of para-hydroxylation sites is 1. The second-order valence-electron chi connectivity index (χ2n) is 5.67. The summed E-state index contributed by atoms with van der Waals surface area (Å²) in [5.41, 5.74) is 2.23. The average molecular weight is 370 g/mol. The van der Waals surface area contributed by atoms with Crippen LogP contribution in [0.15, 0.2) is 66.9 Å². The highest BCUT2D eigenvalue weighted by atomic mass is 35.5. The van der Waals surface area contributed by atoms with E-state index in [9.17, 15) is 9.18 Å². The molecule has 6 heteroatoms. The number of nitrogens with zero attached hydrogens (tertiary/aromatic N) is 1. The van der Waals surface area contributed by atoms with Crippen LogP contribution in [0.3, 0.4) is 0 Å². The zero-order valence-electron chi connectivity index (χ0n) is 13.9. The molecular weight excluding hydrogens is 353 g/mol. The van der Waals surface area contributed by atoms with Gasteiger partial charge in [0, 0.05) is 23.5 Å². The molecule has 0 saturated heterocycles. The van der Waals surface area contributed by atoms with Gasteiger partial charge in [0.25, 0.3) is 5.91 Å². The Morgan fingerprint density at radius 3 is 2.73 bits per heavy atom. The van der Waals surface area contributed by atoms with E-state index in [1.807, 2.05) is 24.3 Å². The molecule has 3 rings (SSSR count). The number of amides is 1. The number of hydrogen-bond donors (Lipinski definition) is 2. The minimum Gasteiger partial charge on any atom is -0.353 e. The number of carbonyl (C=O) groups is 1. The van der Waals surface area contributed by atoms with Crippen molar-refractivity contribution in [1.29, 1.82) is 0 Å². The SMILES string of the molecule is O=C(NCCc1cccc(Cl)c1)c1cc(Nc2ccccc2F)ccn1. The molecule has 0 bridgehead atoms. The Kier molecular flexibility index (Phi) is 5.81. The largest absolute Gasteiger partial charge is 0.353 e. The van der Waals surface area contributed by atoms with Crippen molar-refractivity contribution in [3.63, 3.8) is 0 Å². The lowest BCUT2D eigenvalue weighted by Gasteiger charge is -2.09. The van der Waals surface area contributed by atoms with E-state index >= 15 is 0 Å². The van der Waals surface area contributed by atoms with Gasteiger partial charge in [-0.1, -0.05) is 35.9 Å². The predicted octanol–water partition coefficient (Wildman–Crippen LogP) is 4.59. The van der Waals surface area contributed by atoms with Crippen LogP contribution in [-0.2, 0) is 6.42 Å². The number of anilines is 2. The lowest BCUT2D eigenvalue weighted by atomic mass is 10.1. The van der Waals surface area contributed by atoms with Gasteiger partial charge in [-0.25, -0.2) is 4.39 Å². The summed E-state index contributed by atoms with van der Waals surface area (Å²) in [6.07, 6.45) is 2.18. The average Bonchev–Trinajstić information content (AvgIpc) is 2.64. The van der Waals surface area contributed by atoms with Crippen molar-refractivity contribution in [2.45, 2.75) is 6.42 Å². The summed E-state index contributed by atoms with van der Waals surface area (Å²) in [6.45, 7) is 0.464. The standard InChI is InChI=1S/C20H17ClFN3O/c21-15-5-3-4-14(12-15)8-10-24-20(26)19-13-16(9-11-23-19)25-18-7-2-1-6-17(18)22/h1-7,9,11-13H,8,10H2,(H,23,25)(H,24,26). The van der Waals surface area contributed by atoms with Crippen LogP contribution >= 0.6 is 11.6 Å². The Bertz CT molecular complexity index is 917. The molecule has 0 unspecified atom stereocenters. The van der Waals surface area contributed by atoms with E-state index in [4.69, 9.17) is 11.6 Å². The number of carbonyl (C=O) groups excluding carboxylic acids is 1. The lowest BCUT2D eigenvalue weighted by Crippen LogP contribution is -2.26. The monoisotopic (exact) mass is 369 g/mol. The Balaban J connectivity index is 1.60. The Morgan fingerprint density at radius 2 is 1.92 bits per heavy atom. The molecule has 0 aliphatic rings. The molecule has 0 radical (unpaired) electrons. The third-order valence-electron chi connectivity index (χ3n) is 3.73. The fourth-order valence-corrected chi connectivity index (χ4v) is 2.67. The van der Waals surface area contributed by atoms with E-state index in [1.54, 1.807) is 30.3 Å². The number of rotatable bonds is 6. The molecule has 2 N–H and O–H groups in total. The maximum atomic E-state index is 13.7. The second kappa shape index (κ2) is 8.45. The van der Waals surface area contributed by atoms with E-state index in [1.165, 1.54) is 12.3 Å². The normalized spacial score (nSPS) is 10.4. The van der Waals surface area contributed by atoms with Crippen LogP contribution in [-0.4, -0.2) is 17.4 Å². The first-order chi connectivity index (χ1) is 12.6. The first-order valence-electron chi connectivity index (χ1n) is 8.12. The Morgan fingerprint density at radius 1 is 1.08 bits per heavy atom. The van der Waals surface area contributed by atoms with Gasteiger partial charge in [-0.2, -0.15) is 0 Å². The number of aromatic nitrogens is 1. The molecular formula is C20H17ClFN3O. The molecule has 1 aromatic heterocycles. The van der Waals surface area contributed by atoms with Gasteiger partial charge >= 0.3 is 0 Å². The van der Waals surface area contributed by atoms with E-state index in [0.29, 0.717) is 29.4 Å². The maximum Gasteiger partial charge on any atom is 0.269 e. The van der Waals surface area contributed by atoms with Gasteiger partial charge in [-0.05, 0) is 48.4 Å². The summed E-state index contributed by atoms with van der Waals surface area (Å²) in [4.78, 5) is 16.3. The number of hydrogen-bond acceptors (Lipinski definition) is 3. The molecule has 2 aromatic carbocycles. The summed E-state index contributed by atoms with van der Waals surface area (Å²) >= 11 is 5.95. The third-order valence-corrected chi connectivity index (χ3v) is 3.97. The minimum absolute atomic E-state index is 0.262. The molecule has 0 aliphatic heterocycles. The number of halogens is 2. The van der Waals surface area contributed by atoms with Gasteiger partial charge in [-0.15, -0.1) is 0 Å². The smallest absolute Gasteiger partial charge is 0.269 e. The van der Waals surface area contributed by atoms with Gasteiger partial charge in [0.1, 0.15) is 11.5 Å². The van der Waals surface area contributed by atoms with Crippen LogP contribution in [0.2, 0.25) is 5.02 Å². The molecule has 0 fully saturated rings. The highest BCUT2D eigenvalue weighted by Crippen LogP contribution is 2.19. The van der Waals surface area contributed by atoms with Crippen LogP contribution in [0.1, 0.15) is 16.1 Å². The highest BCUT2D eigenvalue weighted by molar-refractivity contribution is 6.30. The van der Waals surface area contributed by atoms with Crippen molar-refractivity contribution in [1.82, 2.24) is 10.3 Å². The lowest BCUT2D eigenvalue weighted by molar-refractivity contribution is 0.0949. The van der Waals surface area contributed by atoms with E-state index in [-0.39, 0.29) is 17.4 Å². The summed E-state index contributed by atoms with van der Waals surface area (Å²) in [6, 6.07) is 17.1. The van der Waals surface area contributed by atoms with Crippen molar-refractivity contribution in [3.05, 3.63) is 89.0 Å². The van der Waals surface area contributed by atoms with Crippen LogP contribution in [0.25, 0.3) is 0 Å². The molecule has 0 atom stereocenters. The van der Waals surface area contributed by atoms with Crippen molar-refractivity contribution < 1.29 is 9.18 Å². The quantitative estimate of drug-likeness (QED) is 0.668. The van der Waals surface area contributed by atoms with Crippen LogP contribution in [0.4, 0.5) is 15.8 Å². The molecule has 0 aliphatic carbocycles. The summed E-state index contributed by atoms with van der Waals surface area (Å²) in [7, 11) is 0. The van der Waals surface area contributed by atoms with E-state index < -0.39 is 0 Å². The molecule has 4 nitrogen and oxygen atoms in total. The van der Waals surface area contributed by atoms with Crippen LogP contribution in [0.5, 0.6) is 0 Å². The first kappa shape index (κ1) is 17.9. The fraction of sp³-hybridized carbons (Fsp3) is 0.100. The summed E-state index contributed by atoms with van der Waals surface area (Å²) in [5.74, 6) is -0.652. The number of pyridine rings is 1. The summed E-state index contributed by atoms with van der Waals surface area (Å²) < 4.78 is 13.7. The molecule has 3 aromatic rings. The molecule has 0 saturated carbocycles. The van der Waals surface area contributed by atoms with Gasteiger partial charge in [0.2, 0.25) is 0 Å². The van der Waals surface area contributed by atoms with E-state index in [0.717, 1.165) is 5.56 Å². The fourth-order valence-electron chi connectivity index (χ4n) is 2.45. The zero-order valence-corrected chi connectivity index (χ0v) is 14.6. The first-order valence-corrected chi connectivity index (χ1v) is 8.50. The molecule has 1 amide bonds. The van der Waals surface area contributed by atoms with E-state index in [2.05, 4.69) is 15.6 Å². The Hall–Kier alpha value is -2.92. The molecule has 26 heavy (non-hydrogen) atoms. The third kappa shape index (κ3) is 4.80. The number of nitrogens with one attached hydrogen (secondary N) is 2. The summed E-state index contributed by atoms with van der Waals surface area (Å²) in [5, 5.41) is 6.44. The zero-order chi connectivity index (χ0) is 18.4. The topological polar surface area (TPSA) is 54.0 Å². The van der Waals surface area contributed by atoms with Crippen molar-refractivity contribution >= 4 is 28.9 Å². The van der Waals surface area contributed by atoms with Crippen LogP contribution in [0, 0.1) is 5.82 Å². The predicted molar refractivity (Wildman–Crippen MR) is 101 cm³/mol. The minimum atomic E-state index is -0.364. The van der Waals surface area contributed by atoms with Gasteiger partial charge in [0.05, 0.1) is 5.69 Å². The molecule has 1 heterocycles.